The van der Waals surface area contributed by atoms with Gasteiger partial charge < -0.3 is 19.7 Å². The molecule has 0 bridgehead atoms. The fourth-order valence-electron chi connectivity index (χ4n) is 3.68. The summed E-state index contributed by atoms with van der Waals surface area (Å²) in [6.07, 6.45) is 3.10. The van der Waals surface area contributed by atoms with Gasteiger partial charge in [0.25, 0.3) is 5.91 Å². The molecule has 1 aliphatic rings. The van der Waals surface area contributed by atoms with Crippen LogP contribution in [0.15, 0.2) is 30.3 Å². The van der Waals surface area contributed by atoms with E-state index in [1.54, 1.807) is 32.4 Å². The molecule has 162 valence electrons. The standard InChI is InChI=1S/C22H27ClN2O4S/c1-28-14-17-7-9-20(30-17)22(27)25-11-3-4-15(13-25)5-10-21(26)24-18-12-16(23)6-8-19(18)29-2/h6-9,12,15H,3-5,10-11,13-14H2,1-2H3,(H,24,26)/t15-/m1/s1. The van der Waals surface area contributed by atoms with Crippen LogP contribution in [0.25, 0.3) is 0 Å². The molecule has 2 amide bonds. The van der Waals surface area contributed by atoms with Gasteiger partial charge in [-0.05, 0) is 55.5 Å². The maximum Gasteiger partial charge on any atom is 0.263 e. The van der Waals surface area contributed by atoms with Gasteiger partial charge in [-0.2, -0.15) is 0 Å². The van der Waals surface area contributed by atoms with E-state index >= 15 is 0 Å². The van der Waals surface area contributed by atoms with Gasteiger partial charge in [0.15, 0.2) is 0 Å². The lowest BCUT2D eigenvalue weighted by Crippen LogP contribution is -2.39. The molecule has 1 atom stereocenters. The minimum absolute atomic E-state index is 0.0696. The Morgan fingerprint density at radius 1 is 1.27 bits per heavy atom. The fraction of sp³-hybridized carbons (Fsp3) is 0.455. The molecule has 0 aliphatic carbocycles. The van der Waals surface area contributed by atoms with Crippen LogP contribution in [-0.4, -0.2) is 44.0 Å². The minimum atomic E-state index is -0.0820. The average Bonchev–Trinajstić information content (AvgIpc) is 3.21. The van der Waals surface area contributed by atoms with E-state index in [1.807, 2.05) is 17.0 Å². The lowest BCUT2D eigenvalue weighted by molar-refractivity contribution is -0.116. The van der Waals surface area contributed by atoms with E-state index in [9.17, 15) is 9.59 Å². The normalized spacial score (nSPS) is 16.4. The van der Waals surface area contributed by atoms with Crippen molar-refractivity contribution in [2.45, 2.75) is 32.3 Å². The topological polar surface area (TPSA) is 67.9 Å². The first-order valence-electron chi connectivity index (χ1n) is 10.0. The number of likely N-dealkylation sites (tertiary alicyclic amines) is 1. The number of hydrogen-bond donors (Lipinski definition) is 1. The van der Waals surface area contributed by atoms with Gasteiger partial charge in [-0.25, -0.2) is 0 Å². The molecule has 8 heteroatoms. The number of thiophene rings is 1. The smallest absolute Gasteiger partial charge is 0.263 e. The van der Waals surface area contributed by atoms with Crippen LogP contribution in [0.1, 0.15) is 40.2 Å². The Kier molecular flexibility index (Phi) is 8.13. The maximum absolute atomic E-state index is 12.8. The number of piperidine rings is 1. The molecule has 0 unspecified atom stereocenters. The Bertz CT molecular complexity index is 886. The fourth-order valence-corrected chi connectivity index (χ4v) is 4.80. The molecule has 1 N–H and O–H groups in total. The Morgan fingerprint density at radius 3 is 2.87 bits per heavy atom. The zero-order chi connectivity index (χ0) is 21.5. The number of benzene rings is 1. The first kappa shape index (κ1) is 22.6. The quantitative estimate of drug-likeness (QED) is 0.625. The van der Waals surface area contributed by atoms with Crippen molar-refractivity contribution in [3.8, 4) is 5.75 Å². The molecule has 0 radical (unpaired) electrons. The van der Waals surface area contributed by atoms with Gasteiger partial charge in [0.1, 0.15) is 5.75 Å². The highest BCUT2D eigenvalue weighted by Crippen LogP contribution is 2.29. The molecule has 3 rings (SSSR count). The molecule has 1 saturated heterocycles. The van der Waals surface area contributed by atoms with E-state index in [2.05, 4.69) is 5.32 Å². The number of carbonyl (C=O) groups excluding carboxylic acids is 2. The third-order valence-electron chi connectivity index (χ3n) is 5.18. The summed E-state index contributed by atoms with van der Waals surface area (Å²) >= 11 is 7.50. The summed E-state index contributed by atoms with van der Waals surface area (Å²) in [5, 5.41) is 3.41. The second-order valence-electron chi connectivity index (χ2n) is 7.39. The largest absolute Gasteiger partial charge is 0.495 e. The van der Waals surface area contributed by atoms with Crippen molar-refractivity contribution >= 4 is 40.4 Å². The van der Waals surface area contributed by atoms with Crippen LogP contribution in [0.4, 0.5) is 5.69 Å². The van der Waals surface area contributed by atoms with E-state index in [0.29, 0.717) is 41.9 Å². The van der Waals surface area contributed by atoms with E-state index in [1.165, 1.54) is 11.3 Å². The summed E-state index contributed by atoms with van der Waals surface area (Å²) < 4.78 is 10.4. The summed E-state index contributed by atoms with van der Waals surface area (Å²) in [5.74, 6) is 0.876. The molecular formula is C22H27ClN2O4S. The van der Waals surface area contributed by atoms with Crippen molar-refractivity contribution in [3.05, 3.63) is 45.1 Å². The van der Waals surface area contributed by atoms with Crippen LogP contribution < -0.4 is 10.1 Å². The highest BCUT2D eigenvalue weighted by Gasteiger charge is 2.26. The van der Waals surface area contributed by atoms with E-state index in [0.717, 1.165) is 35.6 Å². The molecule has 0 saturated carbocycles. The van der Waals surface area contributed by atoms with Gasteiger partial charge >= 0.3 is 0 Å². The number of ether oxygens (including phenoxy) is 2. The number of carbonyl (C=O) groups is 2. The van der Waals surface area contributed by atoms with Gasteiger partial charge in [0.2, 0.25) is 5.91 Å². The monoisotopic (exact) mass is 450 g/mol. The van der Waals surface area contributed by atoms with Crippen LogP contribution in [0.5, 0.6) is 5.75 Å². The Labute approximate surface area is 186 Å². The Hall–Kier alpha value is -2.09. The molecule has 1 aliphatic heterocycles. The zero-order valence-corrected chi connectivity index (χ0v) is 18.9. The van der Waals surface area contributed by atoms with Crippen LogP contribution >= 0.6 is 22.9 Å². The van der Waals surface area contributed by atoms with Crippen molar-refractivity contribution < 1.29 is 19.1 Å². The van der Waals surface area contributed by atoms with E-state index in [-0.39, 0.29) is 11.8 Å². The number of rotatable bonds is 8. The lowest BCUT2D eigenvalue weighted by atomic mass is 9.93. The van der Waals surface area contributed by atoms with Crippen LogP contribution in [0, 0.1) is 5.92 Å². The van der Waals surface area contributed by atoms with Gasteiger partial charge in [0.05, 0.1) is 24.3 Å². The number of anilines is 1. The Balaban J connectivity index is 1.51. The van der Waals surface area contributed by atoms with Gasteiger partial charge in [0, 0.05) is 36.5 Å². The predicted octanol–water partition coefficient (Wildman–Crippen LogP) is 4.83. The summed E-state index contributed by atoms with van der Waals surface area (Å²) in [7, 11) is 3.20. The summed E-state index contributed by atoms with van der Waals surface area (Å²) in [6, 6.07) is 8.94. The second kappa shape index (κ2) is 10.8. The number of halogens is 1. The van der Waals surface area contributed by atoms with E-state index < -0.39 is 0 Å². The van der Waals surface area contributed by atoms with Gasteiger partial charge in [-0.15, -0.1) is 11.3 Å². The number of nitrogens with zero attached hydrogens (tertiary/aromatic N) is 1. The SMILES string of the molecule is COCc1ccc(C(=O)N2CCC[C@H](CCC(=O)Nc3cc(Cl)ccc3OC)C2)s1. The molecule has 2 heterocycles. The molecule has 1 fully saturated rings. The van der Waals surface area contributed by atoms with Crippen LogP contribution in [0.2, 0.25) is 5.02 Å². The molecule has 6 nitrogen and oxygen atoms in total. The molecule has 1 aromatic carbocycles. The van der Waals surface area contributed by atoms with Crippen molar-refractivity contribution in [1.29, 1.82) is 0 Å². The number of nitrogens with one attached hydrogen (secondary N) is 1. The highest BCUT2D eigenvalue weighted by molar-refractivity contribution is 7.14. The summed E-state index contributed by atoms with van der Waals surface area (Å²) in [4.78, 5) is 29.0. The summed E-state index contributed by atoms with van der Waals surface area (Å²) in [5.41, 5.74) is 0.569. The lowest BCUT2D eigenvalue weighted by Gasteiger charge is -2.32. The number of methoxy groups -OCH3 is 2. The van der Waals surface area contributed by atoms with Gasteiger partial charge in [-0.3, -0.25) is 9.59 Å². The first-order valence-corrected chi connectivity index (χ1v) is 11.2. The molecule has 2 aromatic rings. The predicted molar refractivity (Wildman–Crippen MR) is 120 cm³/mol. The highest BCUT2D eigenvalue weighted by atomic mass is 35.5. The zero-order valence-electron chi connectivity index (χ0n) is 17.3. The van der Waals surface area contributed by atoms with Crippen molar-refractivity contribution in [2.24, 2.45) is 5.92 Å². The van der Waals surface area contributed by atoms with Crippen molar-refractivity contribution in [3.63, 3.8) is 0 Å². The molecule has 0 spiro atoms. The summed E-state index contributed by atoms with van der Waals surface area (Å²) in [6.45, 7) is 1.97. The Morgan fingerprint density at radius 2 is 2.10 bits per heavy atom. The number of amides is 2. The van der Waals surface area contributed by atoms with Crippen molar-refractivity contribution in [1.82, 2.24) is 4.90 Å². The van der Waals surface area contributed by atoms with Crippen molar-refractivity contribution in [2.75, 3.05) is 32.6 Å². The molecule has 30 heavy (non-hydrogen) atoms. The molecular weight excluding hydrogens is 424 g/mol. The average molecular weight is 451 g/mol. The third kappa shape index (κ3) is 5.97. The minimum Gasteiger partial charge on any atom is -0.495 e. The van der Waals surface area contributed by atoms with Crippen LogP contribution in [0.3, 0.4) is 0 Å². The van der Waals surface area contributed by atoms with Gasteiger partial charge in [-0.1, -0.05) is 11.6 Å². The van der Waals surface area contributed by atoms with E-state index in [4.69, 9.17) is 21.1 Å². The second-order valence-corrected chi connectivity index (χ2v) is 8.99. The third-order valence-corrected chi connectivity index (χ3v) is 6.46. The molecule has 1 aromatic heterocycles. The first-order chi connectivity index (χ1) is 14.5. The number of hydrogen-bond acceptors (Lipinski definition) is 5. The maximum atomic E-state index is 12.8. The van der Waals surface area contributed by atoms with Crippen LogP contribution in [-0.2, 0) is 16.1 Å².